The summed E-state index contributed by atoms with van der Waals surface area (Å²) < 4.78 is 0. The minimum absolute atomic E-state index is 0.342. The van der Waals surface area contributed by atoms with E-state index in [-0.39, 0.29) is 0 Å². The van der Waals surface area contributed by atoms with Gasteiger partial charge in [-0.25, -0.2) is 0 Å². The van der Waals surface area contributed by atoms with Gasteiger partial charge in [0.05, 0.1) is 0 Å². The second-order valence-corrected chi connectivity index (χ2v) is 4.56. The first kappa shape index (κ1) is 8.82. The molecule has 2 aliphatic rings. The average molecular weight is 178 g/mol. The third-order valence-electron chi connectivity index (χ3n) is 3.22. The Morgan fingerprint density at radius 1 is 1.62 bits per heavy atom. The van der Waals surface area contributed by atoms with E-state index in [1.807, 2.05) is 0 Å². The Morgan fingerprint density at radius 3 is 3.08 bits per heavy atom. The van der Waals surface area contributed by atoms with Crippen LogP contribution in [-0.2, 0) is 0 Å². The van der Waals surface area contributed by atoms with Gasteiger partial charge in [-0.2, -0.15) is 0 Å². The van der Waals surface area contributed by atoms with Crippen molar-refractivity contribution < 1.29 is 0 Å². The normalized spacial score (nSPS) is 29.3. The molecule has 72 valence electrons. The molecule has 0 aromatic carbocycles. The van der Waals surface area contributed by atoms with Crippen molar-refractivity contribution in [2.75, 3.05) is 19.6 Å². The Balaban J connectivity index is 2.10. The quantitative estimate of drug-likeness (QED) is 0.691. The summed E-state index contributed by atoms with van der Waals surface area (Å²) >= 11 is 0. The lowest BCUT2D eigenvalue weighted by Crippen LogP contribution is -2.52. The summed E-state index contributed by atoms with van der Waals surface area (Å²) in [6, 6.07) is 0. The minimum atomic E-state index is 0.342. The highest BCUT2D eigenvalue weighted by Crippen LogP contribution is 2.45. The van der Waals surface area contributed by atoms with Crippen LogP contribution in [0.15, 0.2) is 23.9 Å². The number of hydrogen-bond acceptors (Lipinski definition) is 2. The number of nitrogens with zero attached hydrogens (tertiary/aromatic N) is 1. The van der Waals surface area contributed by atoms with Gasteiger partial charge in [-0.1, -0.05) is 26.0 Å². The van der Waals surface area contributed by atoms with E-state index in [4.69, 9.17) is 5.73 Å². The predicted octanol–water partition coefficient (Wildman–Crippen LogP) is 1.36. The Hall–Kier alpha value is -0.760. The fourth-order valence-electron chi connectivity index (χ4n) is 2.25. The van der Waals surface area contributed by atoms with Gasteiger partial charge in [0.2, 0.25) is 0 Å². The molecular formula is C11H18N2. The van der Waals surface area contributed by atoms with E-state index in [2.05, 4.69) is 37.0 Å². The van der Waals surface area contributed by atoms with E-state index < -0.39 is 0 Å². The highest BCUT2D eigenvalue weighted by molar-refractivity contribution is 5.31. The summed E-state index contributed by atoms with van der Waals surface area (Å²) in [5, 5.41) is 0. The van der Waals surface area contributed by atoms with Crippen LogP contribution in [-0.4, -0.2) is 24.5 Å². The van der Waals surface area contributed by atoms with Gasteiger partial charge in [-0.05, 0) is 11.5 Å². The van der Waals surface area contributed by atoms with Crippen molar-refractivity contribution in [3.63, 3.8) is 0 Å². The van der Waals surface area contributed by atoms with Gasteiger partial charge in [0, 0.05) is 31.2 Å². The van der Waals surface area contributed by atoms with E-state index in [9.17, 15) is 0 Å². The zero-order chi connectivity index (χ0) is 9.47. The molecule has 1 atom stereocenters. The molecule has 1 aliphatic carbocycles. The van der Waals surface area contributed by atoms with Crippen LogP contribution in [0.2, 0.25) is 0 Å². The minimum Gasteiger partial charge on any atom is -0.373 e. The van der Waals surface area contributed by atoms with Crippen molar-refractivity contribution in [1.82, 2.24) is 4.90 Å². The SMILES string of the molecule is CC1(C)C=CC=C2C1CN2CCN. The van der Waals surface area contributed by atoms with Gasteiger partial charge < -0.3 is 10.6 Å². The van der Waals surface area contributed by atoms with Gasteiger partial charge in [-0.3, -0.25) is 0 Å². The lowest BCUT2D eigenvalue weighted by Gasteiger charge is -2.51. The Bertz CT molecular complexity index is 263. The third-order valence-corrected chi connectivity index (χ3v) is 3.22. The number of fused-ring (bicyclic) bond motifs is 1. The zero-order valence-electron chi connectivity index (χ0n) is 8.46. The summed E-state index contributed by atoms with van der Waals surface area (Å²) in [4.78, 5) is 2.38. The van der Waals surface area contributed by atoms with Gasteiger partial charge >= 0.3 is 0 Å². The molecule has 0 aromatic rings. The van der Waals surface area contributed by atoms with Crippen molar-refractivity contribution in [1.29, 1.82) is 0 Å². The van der Waals surface area contributed by atoms with Crippen LogP contribution >= 0.6 is 0 Å². The number of rotatable bonds is 2. The van der Waals surface area contributed by atoms with Crippen molar-refractivity contribution in [3.05, 3.63) is 23.9 Å². The van der Waals surface area contributed by atoms with Crippen molar-refractivity contribution in [2.24, 2.45) is 17.1 Å². The first-order valence-corrected chi connectivity index (χ1v) is 4.99. The molecular weight excluding hydrogens is 160 g/mol. The monoisotopic (exact) mass is 178 g/mol. The summed E-state index contributed by atoms with van der Waals surface area (Å²) in [5.41, 5.74) is 7.37. The maximum atomic E-state index is 5.54. The summed E-state index contributed by atoms with van der Waals surface area (Å²) in [7, 11) is 0. The molecule has 13 heavy (non-hydrogen) atoms. The number of allylic oxidation sites excluding steroid dienone is 3. The lowest BCUT2D eigenvalue weighted by atomic mass is 9.69. The summed E-state index contributed by atoms with van der Waals surface area (Å²) in [6.07, 6.45) is 6.71. The second kappa shape index (κ2) is 2.88. The van der Waals surface area contributed by atoms with Crippen molar-refractivity contribution in [2.45, 2.75) is 13.8 Å². The molecule has 1 heterocycles. The van der Waals surface area contributed by atoms with E-state index in [0.29, 0.717) is 5.41 Å². The molecule has 1 fully saturated rings. The summed E-state index contributed by atoms with van der Waals surface area (Å²) in [6.45, 7) is 7.56. The van der Waals surface area contributed by atoms with Crippen LogP contribution in [0.1, 0.15) is 13.8 Å². The Kier molecular flexibility index (Phi) is 1.95. The number of nitrogens with two attached hydrogens (primary N) is 1. The molecule has 1 unspecified atom stereocenters. The number of likely N-dealkylation sites (tertiary alicyclic amines) is 1. The standard InChI is InChI=1S/C11H18N2/c1-11(2)5-3-4-10-9(11)8-13(10)7-6-12/h3-5,9H,6-8,12H2,1-2H3. The highest BCUT2D eigenvalue weighted by Gasteiger charge is 2.42. The highest BCUT2D eigenvalue weighted by atomic mass is 15.2. The molecule has 0 aromatic heterocycles. The van der Waals surface area contributed by atoms with Crippen LogP contribution in [0.25, 0.3) is 0 Å². The molecule has 2 nitrogen and oxygen atoms in total. The van der Waals surface area contributed by atoms with E-state index >= 15 is 0 Å². The molecule has 2 rings (SSSR count). The predicted molar refractivity (Wildman–Crippen MR) is 55.1 cm³/mol. The molecule has 0 bridgehead atoms. The van der Waals surface area contributed by atoms with E-state index in [0.717, 1.165) is 19.0 Å². The molecule has 2 N–H and O–H groups in total. The Labute approximate surface area is 80.1 Å². The topological polar surface area (TPSA) is 29.3 Å². The second-order valence-electron chi connectivity index (χ2n) is 4.56. The maximum absolute atomic E-state index is 5.54. The van der Waals surface area contributed by atoms with Crippen LogP contribution in [0.3, 0.4) is 0 Å². The van der Waals surface area contributed by atoms with Crippen molar-refractivity contribution in [3.8, 4) is 0 Å². The maximum Gasteiger partial charge on any atom is 0.0298 e. The van der Waals surface area contributed by atoms with Crippen LogP contribution in [0.4, 0.5) is 0 Å². The fraction of sp³-hybridized carbons (Fsp3) is 0.636. The molecule has 0 amide bonds. The molecule has 0 spiro atoms. The lowest BCUT2D eigenvalue weighted by molar-refractivity contribution is 0.104. The van der Waals surface area contributed by atoms with Crippen LogP contribution in [0, 0.1) is 11.3 Å². The molecule has 1 aliphatic heterocycles. The van der Waals surface area contributed by atoms with E-state index in [1.54, 1.807) is 0 Å². The largest absolute Gasteiger partial charge is 0.373 e. The zero-order valence-corrected chi connectivity index (χ0v) is 8.46. The van der Waals surface area contributed by atoms with E-state index in [1.165, 1.54) is 12.2 Å². The summed E-state index contributed by atoms with van der Waals surface area (Å²) in [5.74, 6) is 0.726. The smallest absolute Gasteiger partial charge is 0.0298 e. The molecule has 0 radical (unpaired) electrons. The van der Waals surface area contributed by atoms with Crippen LogP contribution in [0.5, 0.6) is 0 Å². The first-order valence-electron chi connectivity index (χ1n) is 4.99. The first-order chi connectivity index (χ1) is 6.15. The van der Waals surface area contributed by atoms with Gasteiger partial charge in [0.1, 0.15) is 0 Å². The van der Waals surface area contributed by atoms with Gasteiger partial charge in [-0.15, -0.1) is 0 Å². The van der Waals surface area contributed by atoms with Gasteiger partial charge in [0.25, 0.3) is 0 Å². The number of hydrogen-bond donors (Lipinski definition) is 1. The molecule has 2 heteroatoms. The Morgan fingerprint density at radius 2 is 2.38 bits per heavy atom. The van der Waals surface area contributed by atoms with Crippen LogP contribution < -0.4 is 5.73 Å². The third kappa shape index (κ3) is 1.29. The fourth-order valence-corrected chi connectivity index (χ4v) is 2.25. The molecule has 0 saturated carbocycles. The average Bonchev–Trinajstić information content (AvgIpc) is 2.03. The molecule has 1 saturated heterocycles. The van der Waals surface area contributed by atoms with Crippen molar-refractivity contribution >= 4 is 0 Å². The van der Waals surface area contributed by atoms with Gasteiger partial charge in [0.15, 0.2) is 0 Å².